The number of methoxy groups -OCH3 is 1. The van der Waals surface area contributed by atoms with Gasteiger partial charge in [-0.15, -0.1) is 0 Å². The molecule has 0 radical (unpaired) electrons. The summed E-state index contributed by atoms with van der Waals surface area (Å²) in [4.78, 5) is 14.8. The Bertz CT molecular complexity index is 990. The molecule has 1 aromatic heterocycles. The number of nitrogens with zero attached hydrogens (tertiary/aromatic N) is 3. The number of amides is 1. The molecule has 1 fully saturated rings. The number of carbonyl (C=O) groups excluding carboxylic acids is 1. The summed E-state index contributed by atoms with van der Waals surface area (Å²) in [7, 11) is 0.664. The van der Waals surface area contributed by atoms with Crippen molar-refractivity contribution >= 4 is 15.9 Å². The number of sulfonamides is 1. The Hall–Kier alpha value is -2.39. The average molecular weight is 421 g/mol. The molecule has 8 nitrogen and oxygen atoms in total. The van der Waals surface area contributed by atoms with Crippen LogP contribution in [0.4, 0.5) is 0 Å². The Labute approximate surface area is 171 Å². The molecule has 0 bridgehead atoms. The van der Waals surface area contributed by atoms with E-state index in [4.69, 9.17) is 4.74 Å². The first-order valence-corrected chi connectivity index (χ1v) is 11.0. The van der Waals surface area contributed by atoms with Crippen LogP contribution in [0.3, 0.4) is 0 Å². The van der Waals surface area contributed by atoms with E-state index in [1.54, 1.807) is 18.2 Å². The lowest BCUT2D eigenvalue weighted by Crippen LogP contribution is -2.42. The highest BCUT2D eigenvalue weighted by atomic mass is 32.2. The number of carbonyl (C=O) groups is 1. The number of rotatable bonds is 5. The van der Waals surface area contributed by atoms with Crippen molar-refractivity contribution in [2.75, 3.05) is 34.3 Å². The van der Waals surface area contributed by atoms with Gasteiger partial charge in [0.2, 0.25) is 10.0 Å². The van der Waals surface area contributed by atoms with Crippen molar-refractivity contribution in [3.63, 3.8) is 0 Å². The number of piperidine rings is 1. The molecule has 1 amide bonds. The molecule has 2 atom stereocenters. The van der Waals surface area contributed by atoms with E-state index in [0.717, 1.165) is 23.8 Å². The highest BCUT2D eigenvalue weighted by Crippen LogP contribution is 2.31. The van der Waals surface area contributed by atoms with Crippen LogP contribution in [0.2, 0.25) is 0 Å². The van der Waals surface area contributed by atoms with Gasteiger partial charge >= 0.3 is 0 Å². The largest absolute Gasteiger partial charge is 0.495 e. The summed E-state index contributed by atoms with van der Waals surface area (Å²) in [6.07, 6.45) is 1.12. The van der Waals surface area contributed by atoms with Gasteiger partial charge in [-0.25, -0.2) is 12.7 Å². The standard InChI is InChI=1S/C20H28N4O4S/c1-13-8-14(2)12-24(11-13)20(25)17-10-16(21-22-17)15-6-7-18(28-5)19(9-15)29(26,27)23(3)4/h6-7,9-10,13-14H,8,11-12H2,1-5H3,(H,21,22)/t13-,14-/m0/s1. The van der Waals surface area contributed by atoms with E-state index in [-0.39, 0.29) is 16.6 Å². The van der Waals surface area contributed by atoms with Gasteiger partial charge in [-0.1, -0.05) is 13.8 Å². The second-order valence-electron chi connectivity index (χ2n) is 7.98. The summed E-state index contributed by atoms with van der Waals surface area (Å²) >= 11 is 0. The highest BCUT2D eigenvalue weighted by molar-refractivity contribution is 7.89. The molecule has 1 aromatic carbocycles. The van der Waals surface area contributed by atoms with Gasteiger partial charge in [-0.2, -0.15) is 5.10 Å². The number of benzene rings is 1. The summed E-state index contributed by atoms with van der Waals surface area (Å²) in [5.41, 5.74) is 1.49. The van der Waals surface area contributed by atoms with Gasteiger partial charge in [0.1, 0.15) is 16.3 Å². The number of hydrogen-bond acceptors (Lipinski definition) is 5. The summed E-state index contributed by atoms with van der Waals surface area (Å²) < 4.78 is 31.6. The zero-order chi connectivity index (χ0) is 21.3. The molecule has 158 valence electrons. The SMILES string of the molecule is COc1ccc(-c2cc(C(=O)N3C[C@@H](C)C[C@H](C)C3)[nH]n2)cc1S(=O)(=O)N(C)C. The molecule has 0 spiro atoms. The Morgan fingerprint density at radius 1 is 1.21 bits per heavy atom. The van der Waals surface area contributed by atoms with Crippen molar-refractivity contribution in [3.05, 3.63) is 30.0 Å². The van der Waals surface area contributed by atoms with Crippen LogP contribution in [-0.2, 0) is 10.0 Å². The Morgan fingerprint density at radius 3 is 2.45 bits per heavy atom. The molecule has 29 heavy (non-hydrogen) atoms. The Balaban J connectivity index is 1.92. The molecule has 1 aliphatic heterocycles. The van der Waals surface area contributed by atoms with Gasteiger partial charge in [-0.05, 0) is 42.5 Å². The predicted molar refractivity (Wildman–Crippen MR) is 110 cm³/mol. The van der Waals surface area contributed by atoms with Crippen LogP contribution in [0, 0.1) is 11.8 Å². The van der Waals surface area contributed by atoms with Crippen molar-refractivity contribution in [1.82, 2.24) is 19.4 Å². The van der Waals surface area contributed by atoms with Crippen LogP contribution in [0.5, 0.6) is 5.75 Å². The van der Waals surface area contributed by atoms with E-state index < -0.39 is 10.0 Å². The fraction of sp³-hybridized carbons (Fsp3) is 0.500. The quantitative estimate of drug-likeness (QED) is 0.802. The smallest absolute Gasteiger partial charge is 0.271 e. The second kappa shape index (κ2) is 8.16. The van der Waals surface area contributed by atoms with Crippen molar-refractivity contribution in [2.24, 2.45) is 11.8 Å². The van der Waals surface area contributed by atoms with Gasteiger partial charge in [0.05, 0.1) is 12.8 Å². The molecule has 9 heteroatoms. The molecule has 0 unspecified atom stereocenters. The number of H-pyrrole nitrogens is 1. The van der Waals surface area contributed by atoms with Gasteiger partial charge < -0.3 is 9.64 Å². The third-order valence-electron chi connectivity index (χ3n) is 5.18. The van der Waals surface area contributed by atoms with Crippen LogP contribution < -0.4 is 4.74 Å². The molecular weight excluding hydrogens is 392 g/mol. The van der Waals surface area contributed by atoms with E-state index in [1.165, 1.54) is 27.3 Å². The third kappa shape index (κ3) is 4.30. The molecule has 3 rings (SSSR count). The van der Waals surface area contributed by atoms with E-state index in [1.807, 2.05) is 4.90 Å². The van der Waals surface area contributed by atoms with Gasteiger partial charge in [-0.3, -0.25) is 9.89 Å². The first kappa shape index (κ1) is 21.3. The lowest BCUT2D eigenvalue weighted by molar-refractivity contribution is 0.0617. The Morgan fingerprint density at radius 2 is 1.86 bits per heavy atom. The Kier molecular flexibility index (Phi) is 6.00. The lowest BCUT2D eigenvalue weighted by Gasteiger charge is -2.34. The number of nitrogens with one attached hydrogen (secondary N) is 1. The third-order valence-corrected chi connectivity index (χ3v) is 7.02. The molecule has 0 aliphatic carbocycles. The van der Waals surface area contributed by atoms with Crippen LogP contribution in [-0.4, -0.2) is 68.0 Å². The van der Waals surface area contributed by atoms with Crippen LogP contribution in [0.1, 0.15) is 30.8 Å². The molecule has 2 aromatic rings. The minimum Gasteiger partial charge on any atom is -0.495 e. The number of hydrogen-bond donors (Lipinski definition) is 1. The fourth-order valence-electron chi connectivity index (χ4n) is 3.81. The molecule has 0 saturated carbocycles. The minimum absolute atomic E-state index is 0.0528. The first-order valence-electron chi connectivity index (χ1n) is 9.59. The lowest BCUT2D eigenvalue weighted by atomic mass is 9.92. The van der Waals surface area contributed by atoms with Gasteiger partial charge in [0, 0.05) is 32.7 Å². The maximum absolute atomic E-state index is 12.9. The summed E-state index contributed by atoms with van der Waals surface area (Å²) in [5.74, 6) is 1.10. The monoisotopic (exact) mass is 420 g/mol. The number of aromatic amines is 1. The topological polar surface area (TPSA) is 95.6 Å². The van der Waals surface area contributed by atoms with E-state index >= 15 is 0 Å². The maximum Gasteiger partial charge on any atom is 0.271 e. The molecular formula is C20H28N4O4S. The van der Waals surface area contributed by atoms with Crippen LogP contribution in [0.15, 0.2) is 29.2 Å². The number of likely N-dealkylation sites (tertiary alicyclic amines) is 1. The minimum atomic E-state index is -3.69. The molecule has 2 heterocycles. The zero-order valence-corrected chi connectivity index (χ0v) is 18.3. The highest BCUT2D eigenvalue weighted by Gasteiger charge is 2.28. The summed E-state index contributed by atoms with van der Waals surface area (Å²) in [5, 5.41) is 7.05. The normalized spacial score (nSPS) is 20.1. The molecule has 1 aliphatic rings. The molecule has 1 saturated heterocycles. The summed E-state index contributed by atoms with van der Waals surface area (Å²) in [6.45, 7) is 5.76. The van der Waals surface area contributed by atoms with Gasteiger partial charge in [0.25, 0.3) is 5.91 Å². The maximum atomic E-state index is 12.9. The van der Waals surface area contributed by atoms with Crippen molar-refractivity contribution < 1.29 is 17.9 Å². The predicted octanol–water partition coefficient (Wildman–Crippen LogP) is 2.45. The summed E-state index contributed by atoms with van der Waals surface area (Å²) in [6, 6.07) is 6.50. The fourth-order valence-corrected chi connectivity index (χ4v) is 4.89. The van der Waals surface area contributed by atoms with Crippen LogP contribution >= 0.6 is 0 Å². The van der Waals surface area contributed by atoms with Crippen molar-refractivity contribution in [2.45, 2.75) is 25.2 Å². The zero-order valence-electron chi connectivity index (χ0n) is 17.5. The van der Waals surface area contributed by atoms with Crippen molar-refractivity contribution in [1.29, 1.82) is 0 Å². The van der Waals surface area contributed by atoms with Crippen molar-refractivity contribution in [3.8, 4) is 17.0 Å². The average Bonchev–Trinajstić information content (AvgIpc) is 3.16. The molecule has 1 N–H and O–H groups in total. The van der Waals surface area contributed by atoms with Crippen LogP contribution in [0.25, 0.3) is 11.3 Å². The van der Waals surface area contributed by atoms with E-state index in [0.29, 0.717) is 28.8 Å². The van der Waals surface area contributed by atoms with Gasteiger partial charge in [0.15, 0.2) is 0 Å². The second-order valence-corrected chi connectivity index (χ2v) is 10.1. The number of ether oxygens (including phenoxy) is 1. The first-order chi connectivity index (χ1) is 13.6. The van der Waals surface area contributed by atoms with E-state index in [9.17, 15) is 13.2 Å². The van der Waals surface area contributed by atoms with E-state index in [2.05, 4.69) is 24.0 Å². The number of aromatic nitrogens is 2.